The van der Waals surface area contributed by atoms with Crippen LogP contribution in [0, 0.1) is 18.3 Å². The SMILES string of the molecule is COc1ccc(-c2nc(C)c(C(=O)O[C@@H](C)C#N)s2)cc1. The summed E-state index contributed by atoms with van der Waals surface area (Å²) in [4.78, 5) is 16.8. The lowest BCUT2D eigenvalue weighted by Gasteiger charge is -2.03. The molecule has 1 atom stereocenters. The Bertz CT molecular complexity index is 686. The first kappa shape index (κ1) is 15.0. The van der Waals surface area contributed by atoms with Gasteiger partial charge in [-0.25, -0.2) is 9.78 Å². The summed E-state index contributed by atoms with van der Waals surface area (Å²) in [5, 5.41) is 9.41. The number of aryl methyl sites for hydroxylation is 1. The zero-order chi connectivity index (χ0) is 15.4. The van der Waals surface area contributed by atoms with Crippen LogP contribution in [0.5, 0.6) is 5.75 Å². The lowest BCUT2D eigenvalue weighted by Crippen LogP contribution is -2.12. The van der Waals surface area contributed by atoms with Crippen LogP contribution in [0.3, 0.4) is 0 Å². The van der Waals surface area contributed by atoms with E-state index in [0.717, 1.165) is 16.3 Å². The summed E-state index contributed by atoms with van der Waals surface area (Å²) in [7, 11) is 1.60. The molecule has 5 nitrogen and oxygen atoms in total. The van der Waals surface area contributed by atoms with Crippen molar-refractivity contribution in [1.82, 2.24) is 4.98 Å². The third-order valence-corrected chi connectivity index (χ3v) is 3.97. The van der Waals surface area contributed by atoms with Gasteiger partial charge in [0.2, 0.25) is 0 Å². The van der Waals surface area contributed by atoms with Crippen LogP contribution in [0.25, 0.3) is 10.6 Å². The molecule has 0 saturated heterocycles. The van der Waals surface area contributed by atoms with E-state index in [2.05, 4.69) is 4.98 Å². The molecule has 0 aliphatic carbocycles. The number of esters is 1. The molecular formula is C15H14N2O3S. The fourth-order valence-electron chi connectivity index (χ4n) is 1.68. The lowest BCUT2D eigenvalue weighted by molar-refractivity contribution is 0.0440. The molecule has 0 bridgehead atoms. The number of thiazole rings is 1. The monoisotopic (exact) mass is 302 g/mol. The highest BCUT2D eigenvalue weighted by Gasteiger charge is 2.19. The molecule has 21 heavy (non-hydrogen) atoms. The number of nitriles is 1. The number of carbonyl (C=O) groups excluding carboxylic acids is 1. The average Bonchev–Trinajstić information content (AvgIpc) is 2.89. The van der Waals surface area contributed by atoms with E-state index in [1.165, 1.54) is 18.3 Å². The second-order valence-corrected chi connectivity index (χ2v) is 5.34. The Hall–Kier alpha value is -2.39. The van der Waals surface area contributed by atoms with Gasteiger partial charge in [0.15, 0.2) is 6.10 Å². The molecule has 0 amide bonds. The number of rotatable bonds is 4. The second-order valence-electron chi connectivity index (χ2n) is 4.34. The molecule has 0 unspecified atom stereocenters. The molecule has 0 fully saturated rings. The maximum Gasteiger partial charge on any atom is 0.351 e. The minimum absolute atomic E-state index is 0.419. The first-order valence-corrected chi connectivity index (χ1v) is 7.09. The minimum Gasteiger partial charge on any atom is -0.497 e. The maximum atomic E-state index is 12.0. The standard InChI is InChI=1S/C15H14N2O3S/c1-9(8-16)20-15(18)13-10(2)17-14(21-13)11-4-6-12(19-3)7-5-11/h4-7,9H,1-3H3/t9-/m0/s1. The Labute approximate surface area is 126 Å². The molecule has 0 aliphatic rings. The molecule has 0 saturated carbocycles. The average molecular weight is 302 g/mol. The van der Waals surface area contributed by atoms with Crippen LogP contribution in [0.1, 0.15) is 22.3 Å². The molecule has 0 radical (unpaired) electrons. The van der Waals surface area contributed by atoms with Gasteiger partial charge in [-0.2, -0.15) is 5.26 Å². The van der Waals surface area contributed by atoms with Crippen LogP contribution < -0.4 is 4.74 Å². The molecule has 1 aromatic carbocycles. The Morgan fingerprint density at radius 2 is 2.05 bits per heavy atom. The van der Waals surface area contributed by atoms with Gasteiger partial charge in [0.25, 0.3) is 0 Å². The molecule has 0 aliphatic heterocycles. The predicted molar refractivity (Wildman–Crippen MR) is 79.3 cm³/mol. The van der Waals surface area contributed by atoms with E-state index in [9.17, 15) is 4.79 Å². The van der Waals surface area contributed by atoms with Crippen LogP contribution in [0.2, 0.25) is 0 Å². The van der Waals surface area contributed by atoms with E-state index in [4.69, 9.17) is 14.7 Å². The fraction of sp³-hybridized carbons (Fsp3) is 0.267. The third-order valence-electron chi connectivity index (χ3n) is 2.78. The van der Waals surface area contributed by atoms with Crippen LogP contribution in [-0.2, 0) is 4.74 Å². The van der Waals surface area contributed by atoms with Gasteiger partial charge < -0.3 is 9.47 Å². The zero-order valence-electron chi connectivity index (χ0n) is 11.9. The van der Waals surface area contributed by atoms with E-state index in [-0.39, 0.29) is 0 Å². The molecule has 6 heteroatoms. The number of ether oxygens (including phenoxy) is 2. The summed E-state index contributed by atoms with van der Waals surface area (Å²) in [5.41, 5.74) is 1.50. The topological polar surface area (TPSA) is 72.2 Å². The van der Waals surface area contributed by atoms with Gasteiger partial charge in [0.05, 0.1) is 12.8 Å². The van der Waals surface area contributed by atoms with Crippen LogP contribution in [0.4, 0.5) is 0 Å². The fourth-order valence-corrected chi connectivity index (χ4v) is 2.64. The summed E-state index contributed by atoms with van der Waals surface area (Å²) in [6.45, 7) is 3.27. The van der Waals surface area contributed by atoms with Gasteiger partial charge in [-0.15, -0.1) is 11.3 Å². The Kier molecular flexibility index (Phi) is 4.55. The number of aromatic nitrogens is 1. The molecule has 1 aromatic heterocycles. The molecule has 108 valence electrons. The zero-order valence-corrected chi connectivity index (χ0v) is 12.7. The Morgan fingerprint density at radius 1 is 1.38 bits per heavy atom. The maximum absolute atomic E-state index is 12.0. The first-order valence-electron chi connectivity index (χ1n) is 6.27. The summed E-state index contributed by atoms with van der Waals surface area (Å²) < 4.78 is 10.1. The van der Waals surface area contributed by atoms with Gasteiger partial charge in [-0.05, 0) is 38.1 Å². The molecule has 0 spiro atoms. The van der Waals surface area contributed by atoms with E-state index < -0.39 is 12.1 Å². The van der Waals surface area contributed by atoms with Crippen molar-refractivity contribution in [2.75, 3.05) is 7.11 Å². The number of carbonyl (C=O) groups is 1. The van der Waals surface area contributed by atoms with Gasteiger partial charge in [0.1, 0.15) is 21.7 Å². The minimum atomic E-state index is -0.775. The highest BCUT2D eigenvalue weighted by molar-refractivity contribution is 7.17. The number of methoxy groups -OCH3 is 1. The summed E-state index contributed by atoms with van der Waals surface area (Å²) in [5.74, 6) is 0.244. The van der Waals surface area contributed by atoms with Gasteiger partial charge >= 0.3 is 5.97 Å². The smallest absolute Gasteiger partial charge is 0.351 e. The van der Waals surface area contributed by atoms with Crippen LogP contribution in [-0.4, -0.2) is 24.2 Å². The largest absolute Gasteiger partial charge is 0.497 e. The van der Waals surface area contributed by atoms with Crippen molar-refractivity contribution >= 4 is 17.3 Å². The predicted octanol–water partition coefficient (Wildman–Crippen LogP) is 3.20. The first-order chi connectivity index (χ1) is 10.0. The van der Waals surface area contributed by atoms with Crippen LogP contribution in [0.15, 0.2) is 24.3 Å². The van der Waals surface area contributed by atoms with Crippen molar-refractivity contribution < 1.29 is 14.3 Å². The lowest BCUT2D eigenvalue weighted by atomic mass is 10.2. The van der Waals surface area contributed by atoms with Crippen LogP contribution >= 0.6 is 11.3 Å². The van der Waals surface area contributed by atoms with Crippen molar-refractivity contribution in [3.63, 3.8) is 0 Å². The molecule has 0 N–H and O–H groups in total. The molecule has 2 aromatic rings. The molecular weight excluding hydrogens is 288 g/mol. The second kappa shape index (κ2) is 6.37. The van der Waals surface area contributed by atoms with E-state index in [0.29, 0.717) is 10.6 Å². The van der Waals surface area contributed by atoms with Crippen molar-refractivity contribution in [1.29, 1.82) is 5.26 Å². The normalized spacial score (nSPS) is 11.5. The van der Waals surface area contributed by atoms with Gasteiger partial charge in [-0.1, -0.05) is 0 Å². The number of hydrogen-bond acceptors (Lipinski definition) is 6. The summed E-state index contributed by atoms with van der Waals surface area (Å²) in [6.07, 6.45) is -0.775. The van der Waals surface area contributed by atoms with Crippen molar-refractivity contribution in [2.45, 2.75) is 20.0 Å². The molecule has 2 rings (SSSR count). The van der Waals surface area contributed by atoms with Gasteiger partial charge in [0, 0.05) is 5.56 Å². The highest BCUT2D eigenvalue weighted by atomic mass is 32.1. The summed E-state index contributed by atoms with van der Waals surface area (Å²) in [6, 6.07) is 9.29. The quantitative estimate of drug-likeness (QED) is 0.811. The third kappa shape index (κ3) is 3.38. The van der Waals surface area contributed by atoms with Crippen molar-refractivity contribution in [3.05, 3.63) is 34.8 Å². The Balaban J connectivity index is 2.26. The van der Waals surface area contributed by atoms with E-state index in [1.807, 2.05) is 30.3 Å². The van der Waals surface area contributed by atoms with E-state index in [1.54, 1.807) is 14.0 Å². The highest BCUT2D eigenvalue weighted by Crippen LogP contribution is 2.29. The Morgan fingerprint density at radius 3 is 2.62 bits per heavy atom. The van der Waals surface area contributed by atoms with E-state index >= 15 is 0 Å². The number of benzene rings is 1. The van der Waals surface area contributed by atoms with Gasteiger partial charge in [-0.3, -0.25) is 0 Å². The van der Waals surface area contributed by atoms with Crippen molar-refractivity contribution in [3.8, 4) is 22.4 Å². The molecule has 1 heterocycles. The summed E-state index contributed by atoms with van der Waals surface area (Å²) >= 11 is 1.25. The number of nitrogens with zero attached hydrogens (tertiary/aromatic N) is 2. The number of hydrogen-bond donors (Lipinski definition) is 0. The van der Waals surface area contributed by atoms with Crippen molar-refractivity contribution in [2.24, 2.45) is 0 Å².